The summed E-state index contributed by atoms with van der Waals surface area (Å²) in [6.07, 6.45) is -3.56. The fraction of sp³-hybridized carbons (Fsp3) is 0.500. The zero-order valence-electron chi connectivity index (χ0n) is 18.8. The van der Waals surface area contributed by atoms with E-state index in [1.54, 1.807) is 13.8 Å². The third-order valence-corrected chi connectivity index (χ3v) is 5.93. The molecule has 33 heavy (non-hydrogen) atoms. The number of amides is 1. The lowest BCUT2D eigenvalue weighted by Gasteiger charge is -2.20. The number of carbonyl (C=O) groups excluding carboxylic acids is 1. The lowest BCUT2D eigenvalue weighted by molar-refractivity contribution is -0.141. The van der Waals surface area contributed by atoms with Crippen molar-refractivity contribution in [2.24, 2.45) is 11.3 Å². The maximum Gasteiger partial charge on any atom is 0.436 e. The quantitative estimate of drug-likeness (QED) is 0.613. The second-order valence-electron chi connectivity index (χ2n) is 8.64. The number of hydrogen-bond acceptors (Lipinski definition) is 7. The number of rotatable bonds is 7. The van der Waals surface area contributed by atoms with Crippen LogP contribution in [0.3, 0.4) is 0 Å². The fourth-order valence-corrected chi connectivity index (χ4v) is 3.56. The van der Waals surface area contributed by atoms with Gasteiger partial charge in [0.1, 0.15) is 22.3 Å². The largest absolute Gasteiger partial charge is 0.436 e. The van der Waals surface area contributed by atoms with E-state index < -0.39 is 39.3 Å². The number of aromatic nitrogens is 3. The summed E-state index contributed by atoms with van der Waals surface area (Å²) < 4.78 is 68.0. The van der Waals surface area contributed by atoms with E-state index in [9.17, 15) is 31.6 Å². The first-order valence-electron chi connectivity index (χ1n) is 9.98. The van der Waals surface area contributed by atoms with Gasteiger partial charge in [-0.2, -0.15) is 28.2 Å². The molecule has 1 amide bonds. The van der Waals surface area contributed by atoms with Crippen molar-refractivity contribution in [1.82, 2.24) is 19.5 Å². The van der Waals surface area contributed by atoms with Crippen LogP contribution in [0.25, 0.3) is 5.82 Å². The summed E-state index contributed by atoms with van der Waals surface area (Å²) in [7, 11) is -4.22. The average Bonchev–Trinajstić information content (AvgIpc) is 3.10. The van der Waals surface area contributed by atoms with Gasteiger partial charge in [-0.05, 0) is 24.0 Å². The average molecular weight is 487 g/mol. The highest BCUT2D eigenvalue weighted by Crippen LogP contribution is 2.35. The lowest BCUT2D eigenvalue weighted by Crippen LogP contribution is -2.34. The normalized spacial score (nSPS) is 13.3. The molecule has 9 nitrogen and oxygen atoms in total. The van der Waals surface area contributed by atoms with Gasteiger partial charge in [0.05, 0.1) is 0 Å². The van der Waals surface area contributed by atoms with E-state index >= 15 is 0 Å². The van der Waals surface area contributed by atoms with Crippen LogP contribution in [0, 0.1) is 22.7 Å². The Kier molecular flexibility index (Phi) is 7.43. The summed E-state index contributed by atoms with van der Waals surface area (Å²) in [4.78, 5) is 15.5. The van der Waals surface area contributed by atoms with Gasteiger partial charge in [0.2, 0.25) is 5.91 Å². The molecule has 2 aromatic rings. The minimum Gasteiger partial charge on any atom is -0.368 e. The molecule has 2 aromatic heterocycles. The van der Waals surface area contributed by atoms with E-state index in [0.717, 1.165) is 23.0 Å². The molecule has 2 rings (SSSR count). The van der Waals surface area contributed by atoms with Crippen molar-refractivity contribution in [1.29, 1.82) is 5.26 Å². The first kappa shape index (κ1) is 26.1. The smallest absolute Gasteiger partial charge is 0.368 e. The maximum absolute atomic E-state index is 13.5. The van der Waals surface area contributed by atoms with Crippen molar-refractivity contribution in [3.05, 3.63) is 29.6 Å². The van der Waals surface area contributed by atoms with Gasteiger partial charge in [0.25, 0.3) is 10.0 Å². The molecule has 2 N–H and O–H groups in total. The molecule has 1 unspecified atom stereocenters. The topological polar surface area (TPSA) is 130 Å². The number of nitrogens with zero attached hydrogens (tertiary/aromatic N) is 4. The maximum atomic E-state index is 13.5. The Labute approximate surface area is 190 Å². The molecular weight excluding hydrogens is 461 g/mol. The summed E-state index contributed by atoms with van der Waals surface area (Å²) in [6.45, 7) is 9.07. The third-order valence-electron chi connectivity index (χ3n) is 4.59. The van der Waals surface area contributed by atoms with E-state index in [4.69, 9.17) is 0 Å². The number of alkyl halides is 3. The Balaban J connectivity index is 2.51. The van der Waals surface area contributed by atoms with Gasteiger partial charge in [0, 0.05) is 18.7 Å². The molecule has 0 aliphatic carbocycles. The van der Waals surface area contributed by atoms with Crippen LogP contribution in [0.2, 0.25) is 0 Å². The van der Waals surface area contributed by atoms with Crippen LogP contribution in [0.5, 0.6) is 0 Å². The van der Waals surface area contributed by atoms with Crippen LogP contribution < -0.4 is 10.0 Å². The zero-order chi connectivity index (χ0) is 25.2. The molecule has 0 saturated heterocycles. The van der Waals surface area contributed by atoms with Crippen LogP contribution in [0.15, 0.2) is 23.2 Å². The number of carbonyl (C=O) groups is 1. The van der Waals surface area contributed by atoms with E-state index in [1.165, 1.54) is 6.07 Å². The molecule has 180 valence electrons. The standard InChI is InChI=1S/C20H25F3N6O3S/c1-6-12(2)18(30)28-33(31,32)13-7-8-15(25-10-13)29-17(26-11-19(3,4)5)14(9-24)16(27-29)20(21,22)23/h7-8,10,12,26H,6,11H2,1-5H3,(H,28,30). The van der Waals surface area contributed by atoms with Crippen molar-refractivity contribution in [3.63, 3.8) is 0 Å². The molecule has 0 aliphatic heterocycles. The highest BCUT2D eigenvalue weighted by atomic mass is 32.2. The van der Waals surface area contributed by atoms with E-state index in [0.29, 0.717) is 6.42 Å². The van der Waals surface area contributed by atoms with Crippen molar-refractivity contribution < 1.29 is 26.4 Å². The summed E-state index contributed by atoms with van der Waals surface area (Å²) in [5.74, 6) is -1.58. The molecule has 0 saturated carbocycles. The molecule has 0 aliphatic rings. The number of pyridine rings is 1. The first-order valence-corrected chi connectivity index (χ1v) is 11.5. The van der Waals surface area contributed by atoms with Gasteiger partial charge >= 0.3 is 6.18 Å². The number of sulfonamides is 1. The number of nitriles is 1. The highest BCUT2D eigenvalue weighted by Gasteiger charge is 2.40. The summed E-state index contributed by atoms with van der Waals surface area (Å²) >= 11 is 0. The number of nitrogens with one attached hydrogen (secondary N) is 2. The highest BCUT2D eigenvalue weighted by molar-refractivity contribution is 7.90. The second-order valence-corrected chi connectivity index (χ2v) is 10.3. The van der Waals surface area contributed by atoms with Crippen molar-refractivity contribution >= 4 is 21.7 Å². The Morgan fingerprint density at radius 2 is 1.91 bits per heavy atom. The van der Waals surface area contributed by atoms with Gasteiger partial charge in [-0.25, -0.2) is 18.1 Å². The molecule has 0 aromatic carbocycles. The molecule has 0 fully saturated rings. The Morgan fingerprint density at radius 1 is 1.27 bits per heavy atom. The predicted octanol–water partition coefficient (Wildman–Crippen LogP) is 3.47. The first-order chi connectivity index (χ1) is 15.1. The third kappa shape index (κ3) is 6.22. The van der Waals surface area contributed by atoms with Crippen LogP contribution in [0.4, 0.5) is 19.0 Å². The zero-order valence-corrected chi connectivity index (χ0v) is 19.6. The van der Waals surface area contributed by atoms with Crippen molar-refractivity contribution in [3.8, 4) is 11.9 Å². The van der Waals surface area contributed by atoms with Crippen molar-refractivity contribution in [2.75, 3.05) is 11.9 Å². The Hall–Kier alpha value is -3.14. The van der Waals surface area contributed by atoms with Crippen LogP contribution in [0.1, 0.15) is 52.3 Å². The molecular formula is C20H25F3N6O3S. The predicted molar refractivity (Wildman–Crippen MR) is 114 cm³/mol. The Bertz CT molecular complexity index is 1160. The summed E-state index contributed by atoms with van der Waals surface area (Å²) in [5.41, 5.74) is -2.42. The molecule has 0 spiro atoms. The number of anilines is 1. The summed E-state index contributed by atoms with van der Waals surface area (Å²) in [6, 6.07) is 3.76. The van der Waals surface area contributed by atoms with Gasteiger partial charge in [0.15, 0.2) is 11.5 Å². The van der Waals surface area contributed by atoms with Crippen LogP contribution in [-0.4, -0.2) is 35.6 Å². The fourth-order valence-electron chi connectivity index (χ4n) is 2.53. The van der Waals surface area contributed by atoms with E-state index in [-0.39, 0.29) is 28.5 Å². The Morgan fingerprint density at radius 3 is 2.36 bits per heavy atom. The monoisotopic (exact) mass is 486 g/mol. The minimum absolute atomic E-state index is 0.148. The second kappa shape index (κ2) is 9.38. The molecule has 0 radical (unpaired) electrons. The lowest BCUT2D eigenvalue weighted by atomic mass is 9.97. The van der Waals surface area contributed by atoms with E-state index in [1.807, 2.05) is 25.5 Å². The summed E-state index contributed by atoms with van der Waals surface area (Å²) in [5, 5.41) is 15.7. The van der Waals surface area contributed by atoms with Gasteiger partial charge in [-0.15, -0.1) is 0 Å². The van der Waals surface area contributed by atoms with Crippen LogP contribution in [-0.2, 0) is 21.0 Å². The van der Waals surface area contributed by atoms with Gasteiger partial charge in [-0.3, -0.25) is 4.79 Å². The molecule has 0 bridgehead atoms. The van der Waals surface area contributed by atoms with Crippen molar-refractivity contribution in [2.45, 2.75) is 52.1 Å². The molecule has 13 heteroatoms. The van der Waals surface area contributed by atoms with E-state index in [2.05, 4.69) is 15.4 Å². The SMILES string of the molecule is CCC(C)C(=O)NS(=O)(=O)c1ccc(-n2nc(C(F)(F)F)c(C#N)c2NCC(C)(C)C)nc1. The minimum atomic E-state index is -4.89. The van der Waals surface area contributed by atoms with Gasteiger partial charge in [-0.1, -0.05) is 34.6 Å². The molecule has 1 atom stereocenters. The molecule has 2 heterocycles. The number of hydrogen-bond donors (Lipinski definition) is 2. The number of halogens is 3. The van der Waals surface area contributed by atoms with Gasteiger partial charge < -0.3 is 5.32 Å². The van der Waals surface area contributed by atoms with Crippen LogP contribution >= 0.6 is 0 Å².